The molecule has 2 fully saturated rings. The minimum atomic E-state index is 0.173. The Labute approximate surface area is 81.9 Å². The fourth-order valence-corrected chi connectivity index (χ4v) is 2.81. The number of hydrogen-bond donors (Lipinski definition) is 1. The molecule has 0 bridgehead atoms. The zero-order valence-electron chi connectivity index (χ0n) is 7.51. The molecule has 74 valence electrons. The average molecular weight is 203 g/mol. The lowest BCUT2D eigenvalue weighted by atomic mass is 9.73. The summed E-state index contributed by atoms with van der Waals surface area (Å²) >= 11 is 0.483. The number of hydrogen-bond acceptors (Lipinski definition) is 2. The van der Waals surface area contributed by atoms with Gasteiger partial charge in [0.1, 0.15) is 0 Å². The van der Waals surface area contributed by atoms with Crippen molar-refractivity contribution in [2.45, 2.75) is 37.4 Å². The summed E-state index contributed by atoms with van der Waals surface area (Å²) in [6, 6.07) is 0. The van der Waals surface area contributed by atoms with Gasteiger partial charge in [-0.15, -0.1) is 0 Å². The third-order valence-electron chi connectivity index (χ3n) is 3.32. The first kappa shape index (κ1) is 9.31. The molecule has 13 heavy (non-hydrogen) atoms. The maximum atomic E-state index is 12.3. The molecule has 2 rings (SSSR count). The Morgan fingerprint density at radius 1 is 1.46 bits per heavy atom. The van der Waals surface area contributed by atoms with Crippen LogP contribution < -0.4 is 5.32 Å². The molecule has 2 aliphatic rings. The molecule has 0 aromatic carbocycles. The predicted molar refractivity (Wildman–Crippen MR) is 51.0 cm³/mol. The number of nitrogens with one attached hydrogen (secondary N) is 1. The second kappa shape index (κ2) is 3.48. The van der Waals surface area contributed by atoms with E-state index in [0.717, 1.165) is 32.2 Å². The van der Waals surface area contributed by atoms with E-state index in [-0.39, 0.29) is 16.6 Å². The van der Waals surface area contributed by atoms with Crippen LogP contribution in [0.3, 0.4) is 0 Å². The highest BCUT2D eigenvalue weighted by atomic mass is 32.2. The van der Waals surface area contributed by atoms with Gasteiger partial charge in [-0.25, -0.2) is 0 Å². The van der Waals surface area contributed by atoms with Crippen LogP contribution in [0.4, 0.5) is 3.89 Å². The van der Waals surface area contributed by atoms with Gasteiger partial charge in [0.05, 0.1) is 0 Å². The van der Waals surface area contributed by atoms with Gasteiger partial charge in [0.25, 0.3) is 0 Å². The number of carbonyl (C=O) groups excluding carboxylic acids is 1. The normalized spacial score (nSPS) is 39.5. The van der Waals surface area contributed by atoms with Gasteiger partial charge in [0.2, 0.25) is 5.91 Å². The van der Waals surface area contributed by atoms with Gasteiger partial charge >= 0.3 is 0 Å². The average Bonchev–Trinajstić information content (AvgIpc) is 2.49. The fraction of sp³-hybridized carbons (Fsp3) is 0.889. The van der Waals surface area contributed by atoms with Crippen LogP contribution in [0.15, 0.2) is 0 Å². The van der Waals surface area contributed by atoms with Gasteiger partial charge < -0.3 is 5.32 Å². The molecule has 1 amide bonds. The predicted octanol–water partition coefficient (Wildman–Crippen LogP) is 2.05. The van der Waals surface area contributed by atoms with Gasteiger partial charge in [-0.1, -0.05) is 0 Å². The Bertz CT molecular complexity index is 214. The minimum absolute atomic E-state index is 0.173. The highest BCUT2D eigenvalue weighted by Crippen LogP contribution is 2.44. The second-order valence-corrected chi connectivity index (χ2v) is 5.09. The Morgan fingerprint density at radius 2 is 2.15 bits per heavy atom. The van der Waals surface area contributed by atoms with E-state index < -0.39 is 0 Å². The van der Waals surface area contributed by atoms with Crippen molar-refractivity contribution in [3.05, 3.63) is 0 Å². The highest BCUT2D eigenvalue weighted by molar-refractivity contribution is 7.94. The van der Waals surface area contributed by atoms with E-state index >= 15 is 0 Å². The number of rotatable bonds is 1. The first-order chi connectivity index (χ1) is 6.24. The quantitative estimate of drug-likeness (QED) is 0.706. The maximum Gasteiger partial charge on any atom is 0.220 e. The summed E-state index contributed by atoms with van der Waals surface area (Å²) < 4.78 is 12.3. The standard InChI is InChI=1S/C9H14FNOS/c10-13-7-1-3-9(4-2-7)5-8(12)11-6-9/h7H,1-6H2,(H,11,12). The molecular formula is C9H14FNOS. The van der Waals surface area contributed by atoms with Crippen LogP contribution in [-0.4, -0.2) is 17.7 Å². The van der Waals surface area contributed by atoms with Crippen molar-refractivity contribution in [1.82, 2.24) is 5.32 Å². The molecule has 0 unspecified atom stereocenters. The first-order valence-electron chi connectivity index (χ1n) is 4.78. The summed E-state index contributed by atoms with van der Waals surface area (Å²) in [7, 11) is 0. The van der Waals surface area contributed by atoms with Crippen LogP contribution >= 0.6 is 12.1 Å². The van der Waals surface area contributed by atoms with Gasteiger partial charge in [-0.2, -0.15) is 3.89 Å². The summed E-state index contributed by atoms with van der Waals surface area (Å²) in [5.41, 5.74) is 0.184. The van der Waals surface area contributed by atoms with Gasteiger partial charge in [-0.3, -0.25) is 4.79 Å². The monoisotopic (exact) mass is 203 g/mol. The van der Waals surface area contributed by atoms with Crippen molar-refractivity contribution < 1.29 is 8.68 Å². The Kier molecular flexibility index (Phi) is 2.49. The molecular weight excluding hydrogens is 189 g/mol. The maximum absolute atomic E-state index is 12.3. The number of halogens is 1. The Morgan fingerprint density at radius 3 is 2.62 bits per heavy atom. The van der Waals surface area contributed by atoms with E-state index in [1.807, 2.05) is 0 Å². The summed E-state index contributed by atoms with van der Waals surface area (Å²) in [6.45, 7) is 0.815. The molecule has 1 aliphatic heterocycles. The Hall–Kier alpha value is -0.250. The third kappa shape index (κ3) is 1.82. The van der Waals surface area contributed by atoms with Crippen LogP contribution in [0.1, 0.15) is 32.1 Å². The van der Waals surface area contributed by atoms with E-state index in [1.54, 1.807) is 0 Å². The number of carbonyl (C=O) groups is 1. The second-order valence-electron chi connectivity index (χ2n) is 4.24. The molecule has 1 saturated heterocycles. The number of amides is 1. The lowest BCUT2D eigenvalue weighted by Crippen LogP contribution is -2.30. The smallest absolute Gasteiger partial charge is 0.220 e. The van der Waals surface area contributed by atoms with Gasteiger partial charge in [-0.05, 0) is 31.1 Å². The first-order valence-corrected chi connectivity index (χ1v) is 5.56. The zero-order chi connectivity index (χ0) is 9.31. The molecule has 1 aliphatic carbocycles. The molecule has 4 heteroatoms. The van der Waals surface area contributed by atoms with E-state index in [2.05, 4.69) is 5.32 Å². The van der Waals surface area contributed by atoms with E-state index in [0.29, 0.717) is 18.6 Å². The third-order valence-corrected chi connectivity index (χ3v) is 4.04. The van der Waals surface area contributed by atoms with Crippen molar-refractivity contribution in [1.29, 1.82) is 0 Å². The molecule has 1 spiro atoms. The Balaban J connectivity index is 1.93. The molecule has 2 nitrogen and oxygen atoms in total. The van der Waals surface area contributed by atoms with Crippen molar-refractivity contribution in [2.24, 2.45) is 5.41 Å². The summed E-state index contributed by atoms with van der Waals surface area (Å²) in [5.74, 6) is 0.173. The van der Waals surface area contributed by atoms with Crippen LogP contribution in [0.5, 0.6) is 0 Å². The fourth-order valence-electron chi connectivity index (χ4n) is 2.40. The van der Waals surface area contributed by atoms with Crippen molar-refractivity contribution in [2.75, 3.05) is 6.54 Å². The summed E-state index contributed by atoms with van der Waals surface area (Å²) in [5, 5.41) is 3.06. The SMILES string of the molecule is O=C1CC2(CCC(SF)CC2)CN1. The van der Waals surface area contributed by atoms with E-state index in [9.17, 15) is 8.68 Å². The van der Waals surface area contributed by atoms with Gasteiger partial charge in [0.15, 0.2) is 0 Å². The highest BCUT2D eigenvalue weighted by Gasteiger charge is 2.41. The van der Waals surface area contributed by atoms with Crippen molar-refractivity contribution in [3.63, 3.8) is 0 Å². The molecule has 1 N–H and O–H groups in total. The van der Waals surface area contributed by atoms with Crippen LogP contribution in [0.25, 0.3) is 0 Å². The minimum Gasteiger partial charge on any atom is -0.356 e. The lowest BCUT2D eigenvalue weighted by Gasteiger charge is -2.34. The van der Waals surface area contributed by atoms with Crippen LogP contribution in [0, 0.1) is 5.41 Å². The van der Waals surface area contributed by atoms with Crippen molar-refractivity contribution >= 4 is 18.1 Å². The topological polar surface area (TPSA) is 29.1 Å². The molecule has 0 atom stereocenters. The van der Waals surface area contributed by atoms with Crippen molar-refractivity contribution in [3.8, 4) is 0 Å². The summed E-state index contributed by atoms with van der Waals surface area (Å²) in [6.07, 6.45) is 4.53. The lowest BCUT2D eigenvalue weighted by molar-refractivity contribution is -0.119. The molecule has 1 heterocycles. The van der Waals surface area contributed by atoms with Gasteiger partial charge in [0, 0.05) is 30.4 Å². The van der Waals surface area contributed by atoms with Crippen LogP contribution in [0.2, 0.25) is 0 Å². The molecule has 0 aromatic rings. The molecule has 0 radical (unpaired) electrons. The molecule has 1 saturated carbocycles. The van der Waals surface area contributed by atoms with E-state index in [1.165, 1.54) is 0 Å². The van der Waals surface area contributed by atoms with E-state index in [4.69, 9.17) is 0 Å². The molecule has 0 aromatic heterocycles. The largest absolute Gasteiger partial charge is 0.356 e. The van der Waals surface area contributed by atoms with Crippen LogP contribution in [-0.2, 0) is 4.79 Å². The summed E-state index contributed by atoms with van der Waals surface area (Å²) in [4.78, 5) is 11.1. The zero-order valence-corrected chi connectivity index (χ0v) is 8.33.